The van der Waals surface area contributed by atoms with Crippen molar-refractivity contribution in [1.29, 1.82) is 0 Å². The van der Waals surface area contributed by atoms with Gasteiger partial charge in [-0.05, 0) is 43.5 Å². The molecule has 1 saturated heterocycles. The zero-order chi connectivity index (χ0) is 12.8. The average Bonchev–Trinajstić information content (AvgIpc) is 2.82. The van der Waals surface area contributed by atoms with Gasteiger partial charge in [0.05, 0.1) is 6.42 Å². The van der Waals surface area contributed by atoms with Gasteiger partial charge in [0.2, 0.25) is 5.91 Å². The van der Waals surface area contributed by atoms with Gasteiger partial charge in [-0.25, -0.2) is 4.39 Å². The SMILES string of the molecule is O=C(Cc1cccc(F)c1)NCCC1CCCN1. The van der Waals surface area contributed by atoms with E-state index in [1.807, 2.05) is 0 Å². The van der Waals surface area contributed by atoms with Gasteiger partial charge in [-0.2, -0.15) is 0 Å². The van der Waals surface area contributed by atoms with Crippen LogP contribution in [0.5, 0.6) is 0 Å². The summed E-state index contributed by atoms with van der Waals surface area (Å²) in [5, 5.41) is 6.26. The summed E-state index contributed by atoms with van der Waals surface area (Å²) in [5.74, 6) is -0.339. The van der Waals surface area contributed by atoms with E-state index in [9.17, 15) is 9.18 Å². The van der Waals surface area contributed by atoms with Crippen LogP contribution in [0, 0.1) is 5.82 Å². The molecule has 0 aliphatic carbocycles. The van der Waals surface area contributed by atoms with Gasteiger partial charge in [-0.3, -0.25) is 4.79 Å². The summed E-state index contributed by atoms with van der Waals surface area (Å²) in [4.78, 5) is 11.6. The minimum atomic E-state index is -0.296. The number of amides is 1. The predicted octanol–water partition coefficient (Wildman–Crippen LogP) is 1.63. The lowest BCUT2D eigenvalue weighted by Gasteiger charge is -2.10. The Bertz CT molecular complexity index is 403. The maximum atomic E-state index is 12.9. The summed E-state index contributed by atoms with van der Waals surface area (Å²) < 4.78 is 12.9. The smallest absolute Gasteiger partial charge is 0.224 e. The first-order valence-electron chi connectivity index (χ1n) is 6.48. The van der Waals surface area contributed by atoms with E-state index in [2.05, 4.69) is 10.6 Å². The van der Waals surface area contributed by atoms with Gasteiger partial charge in [0.1, 0.15) is 5.82 Å². The number of benzene rings is 1. The van der Waals surface area contributed by atoms with Gasteiger partial charge < -0.3 is 10.6 Å². The van der Waals surface area contributed by atoms with Crippen molar-refractivity contribution in [2.75, 3.05) is 13.1 Å². The summed E-state index contributed by atoms with van der Waals surface area (Å²) in [5.41, 5.74) is 0.714. The van der Waals surface area contributed by atoms with E-state index in [4.69, 9.17) is 0 Å². The van der Waals surface area contributed by atoms with Gasteiger partial charge in [-0.1, -0.05) is 12.1 Å². The number of rotatable bonds is 5. The third-order valence-electron chi connectivity index (χ3n) is 3.23. The molecule has 1 amide bonds. The van der Waals surface area contributed by atoms with Crippen LogP contribution >= 0.6 is 0 Å². The molecule has 2 N–H and O–H groups in total. The average molecular weight is 250 g/mol. The molecule has 1 heterocycles. The zero-order valence-electron chi connectivity index (χ0n) is 10.4. The molecule has 0 aromatic heterocycles. The fourth-order valence-corrected chi connectivity index (χ4v) is 2.28. The van der Waals surface area contributed by atoms with Gasteiger partial charge in [0.25, 0.3) is 0 Å². The molecule has 0 saturated carbocycles. The van der Waals surface area contributed by atoms with Crippen LogP contribution < -0.4 is 10.6 Å². The topological polar surface area (TPSA) is 41.1 Å². The van der Waals surface area contributed by atoms with Crippen LogP contribution in [-0.4, -0.2) is 25.0 Å². The van der Waals surface area contributed by atoms with Gasteiger partial charge >= 0.3 is 0 Å². The maximum absolute atomic E-state index is 12.9. The Labute approximate surface area is 107 Å². The number of halogens is 1. The lowest BCUT2D eigenvalue weighted by molar-refractivity contribution is -0.120. The minimum Gasteiger partial charge on any atom is -0.356 e. The van der Waals surface area contributed by atoms with Crippen LogP contribution in [0.2, 0.25) is 0 Å². The highest BCUT2D eigenvalue weighted by Crippen LogP contribution is 2.08. The lowest BCUT2D eigenvalue weighted by atomic mass is 10.1. The van der Waals surface area contributed by atoms with Crippen LogP contribution in [0.25, 0.3) is 0 Å². The first kappa shape index (κ1) is 13.0. The Morgan fingerprint density at radius 3 is 3.11 bits per heavy atom. The molecule has 1 aromatic carbocycles. The van der Waals surface area contributed by atoms with Gasteiger partial charge in [-0.15, -0.1) is 0 Å². The van der Waals surface area contributed by atoms with E-state index in [1.165, 1.54) is 25.0 Å². The summed E-state index contributed by atoms with van der Waals surface area (Å²) in [6.07, 6.45) is 3.63. The van der Waals surface area contributed by atoms with Crippen molar-refractivity contribution in [1.82, 2.24) is 10.6 Å². The minimum absolute atomic E-state index is 0.0430. The largest absolute Gasteiger partial charge is 0.356 e. The molecule has 1 aliphatic rings. The fraction of sp³-hybridized carbons (Fsp3) is 0.500. The molecule has 98 valence electrons. The van der Waals surface area contributed by atoms with E-state index in [1.54, 1.807) is 12.1 Å². The van der Waals surface area contributed by atoms with E-state index in [0.29, 0.717) is 18.2 Å². The van der Waals surface area contributed by atoms with Crippen molar-refractivity contribution >= 4 is 5.91 Å². The second-order valence-electron chi connectivity index (χ2n) is 4.74. The normalized spacial score (nSPS) is 18.8. The van der Waals surface area contributed by atoms with Crippen molar-refractivity contribution in [3.63, 3.8) is 0 Å². The van der Waals surface area contributed by atoms with E-state index < -0.39 is 0 Å². The van der Waals surface area contributed by atoms with E-state index in [-0.39, 0.29) is 18.1 Å². The van der Waals surface area contributed by atoms with Crippen molar-refractivity contribution in [3.8, 4) is 0 Å². The highest BCUT2D eigenvalue weighted by Gasteiger charge is 2.13. The number of nitrogens with one attached hydrogen (secondary N) is 2. The molecule has 1 aliphatic heterocycles. The molecule has 1 fully saturated rings. The summed E-state index contributed by atoms with van der Waals surface area (Å²) in [7, 11) is 0. The van der Waals surface area contributed by atoms with Crippen LogP contribution in [-0.2, 0) is 11.2 Å². The second kappa shape index (κ2) is 6.50. The first-order valence-corrected chi connectivity index (χ1v) is 6.48. The monoisotopic (exact) mass is 250 g/mol. The second-order valence-corrected chi connectivity index (χ2v) is 4.74. The van der Waals surface area contributed by atoms with Crippen molar-refractivity contribution in [3.05, 3.63) is 35.6 Å². The Balaban J connectivity index is 1.68. The standard InChI is InChI=1S/C14H19FN2O/c15-12-4-1-3-11(9-12)10-14(18)17-8-6-13-5-2-7-16-13/h1,3-4,9,13,16H,2,5-8,10H2,(H,17,18). The number of carbonyl (C=O) groups is 1. The Morgan fingerprint density at radius 1 is 1.50 bits per heavy atom. The zero-order valence-corrected chi connectivity index (χ0v) is 10.4. The molecular formula is C14H19FN2O. The summed E-state index contributed by atoms with van der Waals surface area (Å²) in [6, 6.07) is 6.71. The Hall–Kier alpha value is -1.42. The Kier molecular flexibility index (Phi) is 4.70. The Morgan fingerprint density at radius 2 is 2.39 bits per heavy atom. The third-order valence-corrected chi connectivity index (χ3v) is 3.23. The molecule has 0 spiro atoms. The quantitative estimate of drug-likeness (QED) is 0.834. The summed E-state index contributed by atoms with van der Waals surface area (Å²) >= 11 is 0. The predicted molar refractivity (Wildman–Crippen MR) is 68.8 cm³/mol. The molecule has 3 nitrogen and oxygen atoms in total. The van der Waals surface area contributed by atoms with Crippen LogP contribution in [0.4, 0.5) is 4.39 Å². The number of hydrogen-bond donors (Lipinski definition) is 2. The molecule has 0 bridgehead atoms. The maximum Gasteiger partial charge on any atom is 0.224 e. The highest BCUT2D eigenvalue weighted by atomic mass is 19.1. The molecule has 4 heteroatoms. The lowest BCUT2D eigenvalue weighted by Crippen LogP contribution is -2.31. The molecule has 1 atom stereocenters. The number of carbonyl (C=O) groups excluding carboxylic acids is 1. The van der Waals surface area contributed by atoms with Crippen molar-refractivity contribution < 1.29 is 9.18 Å². The van der Waals surface area contributed by atoms with Gasteiger partial charge in [0.15, 0.2) is 0 Å². The molecule has 2 rings (SSSR count). The third kappa shape index (κ3) is 4.11. The van der Waals surface area contributed by atoms with Crippen LogP contribution in [0.1, 0.15) is 24.8 Å². The molecule has 0 radical (unpaired) electrons. The number of hydrogen-bond acceptors (Lipinski definition) is 2. The van der Waals surface area contributed by atoms with Crippen molar-refractivity contribution in [2.45, 2.75) is 31.7 Å². The van der Waals surface area contributed by atoms with Crippen molar-refractivity contribution in [2.24, 2.45) is 0 Å². The van der Waals surface area contributed by atoms with Crippen LogP contribution in [0.3, 0.4) is 0 Å². The van der Waals surface area contributed by atoms with E-state index >= 15 is 0 Å². The first-order chi connectivity index (χ1) is 8.74. The molecule has 1 aromatic rings. The molecule has 18 heavy (non-hydrogen) atoms. The molecular weight excluding hydrogens is 231 g/mol. The highest BCUT2D eigenvalue weighted by molar-refractivity contribution is 5.78. The van der Waals surface area contributed by atoms with Gasteiger partial charge in [0, 0.05) is 12.6 Å². The molecule has 1 unspecified atom stereocenters. The fourth-order valence-electron chi connectivity index (χ4n) is 2.28. The van der Waals surface area contributed by atoms with E-state index in [0.717, 1.165) is 13.0 Å². The van der Waals surface area contributed by atoms with Crippen LogP contribution in [0.15, 0.2) is 24.3 Å². The summed E-state index contributed by atoms with van der Waals surface area (Å²) in [6.45, 7) is 1.77.